The molecule has 0 aliphatic rings. The first-order valence-corrected chi connectivity index (χ1v) is 4.70. The fourth-order valence-electron chi connectivity index (χ4n) is 1.26. The van der Waals surface area contributed by atoms with Gasteiger partial charge in [-0.15, -0.1) is 0 Å². The molecule has 1 atom stereocenters. The molecule has 1 rings (SSSR count). The number of alkyl halides is 5. The van der Waals surface area contributed by atoms with Crippen LogP contribution in [0.3, 0.4) is 0 Å². The Labute approximate surface area is 99.3 Å². The Hall–Kier alpha value is -1.57. The van der Waals surface area contributed by atoms with Gasteiger partial charge in [0, 0.05) is 0 Å². The first kappa shape index (κ1) is 14.5. The number of hydrogen-bond donors (Lipinski definition) is 1. The predicted molar refractivity (Wildman–Crippen MR) is 52.6 cm³/mol. The van der Waals surface area contributed by atoms with Crippen molar-refractivity contribution in [3.63, 3.8) is 0 Å². The van der Waals surface area contributed by atoms with Gasteiger partial charge in [0.05, 0.1) is 7.11 Å². The zero-order valence-corrected chi connectivity index (χ0v) is 9.17. The lowest BCUT2D eigenvalue weighted by atomic mass is 10.1. The molecule has 1 unspecified atom stereocenters. The standard InChI is InChI=1S/C10H10F5NO2/c1-17-6-3-2-5(8(16)10(13,14)15)4-7(6)18-9(11)12/h2-4,8-9H,16H2,1H3. The van der Waals surface area contributed by atoms with Crippen LogP contribution in [-0.4, -0.2) is 19.9 Å². The highest BCUT2D eigenvalue weighted by molar-refractivity contribution is 5.44. The van der Waals surface area contributed by atoms with Gasteiger partial charge in [-0.05, 0) is 17.7 Å². The molecule has 0 spiro atoms. The lowest BCUT2D eigenvalue weighted by molar-refractivity contribution is -0.149. The van der Waals surface area contributed by atoms with Gasteiger partial charge in [0.2, 0.25) is 0 Å². The highest BCUT2D eigenvalue weighted by Crippen LogP contribution is 2.36. The Morgan fingerprint density at radius 1 is 1.17 bits per heavy atom. The molecule has 0 aliphatic heterocycles. The van der Waals surface area contributed by atoms with Crippen LogP contribution in [0.1, 0.15) is 11.6 Å². The summed E-state index contributed by atoms with van der Waals surface area (Å²) in [6.07, 6.45) is -4.67. The molecule has 0 aliphatic carbocycles. The highest BCUT2D eigenvalue weighted by atomic mass is 19.4. The maximum atomic E-state index is 12.4. The molecule has 102 valence electrons. The topological polar surface area (TPSA) is 44.5 Å². The normalized spacial score (nSPS) is 13.6. The third-order valence-corrected chi connectivity index (χ3v) is 2.12. The number of benzene rings is 1. The summed E-state index contributed by atoms with van der Waals surface area (Å²) in [5.74, 6) is -0.599. The van der Waals surface area contributed by atoms with E-state index in [-0.39, 0.29) is 11.3 Å². The number of ether oxygens (including phenoxy) is 2. The summed E-state index contributed by atoms with van der Waals surface area (Å²) in [5.41, 5.74) is 4.56. The number of nitrogens with two attached hydrogens (primary N) is 1. The molecule has 0 saturated heterocycles. The monoisotopic (exact) mass is 271 g/mol. The summed E-state index contributed by atoms with van der Waals surface area (Å²) >= 11 is 0. The van der Waals surface area contributed by atoms with E-state index in [9.17, 15) is 22.0 Å². The highest BCUT2D eigenvalue weighted by Gasteiger charge is 2.38. The van der Waals surface area contributed by atoms with E-state index >= 15 is 0 Å². The van der Waals surface area contributed by atoms with Crippen molar-refractivity contribution in [2.24, 2.45) is 5.73 Å². The molecule has 0 saturated carbocycles. The Morgan fingerprint density at radius 2 is 1.78 bits per heavy atom. The Kier molecular flexibility index (Phi) is 4.33. The van der Waals surface area contributed by atoms with E-state index in [1.807, 2.05) is 0 Å². The van der Waals surface area contributed by atoms with Crippen LogP contribution in [0.4, 0.5) is 22.0 Å². The summed E-state index contributed by atoms with van der Waals surface area (Å²) in [7, 11) is 1.18. The molecular formula is C10H10F5NO2. The number of halogens is 5. The quantitative estimate of drug-likeness (QED) is 0.856. The van der Waals surface area contributed by atoms with Crippen LogP contribution in [0.5, 0.6) is 11.5 Å². The van der Waals surface area contributed by atoms with Crippen molar-refractivity contribution >= 4 is 0 Å². The minimum atomic E-state index is -4.67. The van der Waals surface area contributed by atoms with E-state index < -0.39 is 24.6 Å². The van der Waals surface area contributed by atoms with Crippen molar-refractivity contribution in [2.75, 3.05) is 7.11 Å². The molecule has 8 heteroatoms. The average molecular weight is 271 g/mol. The maximum absolute atomic E-state index is 12.4. The van der Waals surface area contributed by atoms with E-state index in [2.05, 4.69) is 9.47 Å². The fourth-order valence-corrected chi connectivity index (χ4v) is 1.26. The third kappa shape index (κ3) is 3.46. The minimum absolute atomic E-state index is 0.103. The van der Waals surface area contributed by atoms with Gasteiger partial charge >= 0.3 is 12.8 Å². The molecule has 0 amide bonds. The van der Waals surface area contributed by atoms with Crippen molar-refractivity contribution in [2.45, 2.75) is 18.8 Å². The molecule has 0 bridgehead atoms. The lowest BCUT2D eigenvalue weighted by Crippen LogP contribution is -2.28. The average Bonchev–Trinajstić information content (AvgIpc) is 2.26. The van der Waals surface area contributed by atoms with Crippen LogP contribution in [0, 0.1) is 0 Å². The molecule has 1 aromatic carbocycles. The zero-order valence-electron chi connectivity index (χ0n) is 9.17. The van der Waals surface area contributed by atoms with Crippen LogP contribution in [0.15, 0.2) is 18.2 Å². The Balaban J connectivity index is 3.10. The van der Waals surface area contributed by atoms with Gasteiger partial charge in [0.15, 0.2) is 11.5 Å². The SMILES string of the molecule is COc1ccc(C(N)C(F)(F)F)cc1OC(F)F. The summed E-state index contributed by atoms with van der Waals surface area (Å²) in [5, 5.41) is 0. The van der Waals surface area contributed by atoms with Crippen molar-refractivity contribution in [1.82, 2.24) is 0 Å². The van der Waals surface area contributed by atoms with Crippen LogP contribution in [0.25, 0.3) is 0 Å². The van der Waals surface area contributed by atoms with Crippen LogP contribution in [-0.2, 0) is 0 Å². The van der Waals surface area contributed by atoms with Gasteiger partial charge < -0.3 is 15.2 Å². The predicted octanol–water partition coefficient (Wildman–Crippen LogP) is 2.86. The first-order valence-electron chi connectivity index (χ1n) is 4.70. The fraction of sp³-hybridized carbons (Fsp3) is 0.400. The molecule has 18 heavy (non-hydrogen) atoms. The molecule has 0 radical (unpaired) electrons. The second kappa shape index (κ2) is 5.38. The van der Waals surface area contributed by atoms with Crippen LogP contribution in [0.2, 0.25) is 0 Å². The summed E-state index contributed by atoms with van der Waals surface area (Å²) in [6, 6.07) is 0.625. The molecular weight excluding hydrogens is 261 g/mol. The van der Waals surface area contributed by atoms with Gasteiger partial charge in [-0.1, -0.05) is 6.07 Å². The molecule has 0 fully saturated rings. The molecule has 0 heterocycles. The largest absolute Gasteiger partial charge is 0.493 e. The van der Waals surface area contributed by atoms with Gasteiger partial charge in [0.25, 0.3) is 0 Å². The van der Waals surface area contributed by atoms with Gasteiger partial charge in [-0.3, -0.25) is 0 Å². The van der Waals surface area contributed by atoms with Crippen LogP contribution < -0.4 is 15.2 Å². The third-order valence-electron chi connectivity index (χ3n) is 2.12. The number of hydrogen-bond acceptors (Lipinski definition) is 3. The summed E-state index contributed by atoms with van der Waals surface area (Å²) in [6.45, 7) is -3.17. The van der Waals surface area contributed by atoms with Crippen molar-refractivity contribution in [1.29, 1.82) is 0 Å². The lowest BCUT2D eigenvalue weighted by Gasteiger charge is -2.18. The van der Waals surface area contributed by atoms with Crippen LogP contribution >= 0.6 is 0 Å². The minimum Gasteiger partial charge on any atom is -0.493 e. The van der Waals surface area contributed by atoms with Crippen molar-refractivity contribution in [3.8, 4) is 11.5 Å². The Bertz CT molecular complexity index is 408. The van der Waals surface area contributed by atoms with Gasteiger partial charge in [-0.2, -0.15) is 22.0 Å². The van der Waals surface area contributed by atoms with E-state index in [1.54, 1.807) is 0 Å². The summed E-state index contributed by atoms with van der Waals surface area (Å²) < 4.78 is 70.0. The van der Waals surface area contributed by atoms with Crippen molar-refractivity contribution in [3.05, 3.63) is 23.8 Å². The number of rotatable bonds is 4. The van der Waals surface area contributed by atoms with Gasteiger partial charge in [-0.25, -0.2) is 0 Å². The molecule has 2 N–H and O–H groups in total. The smallest absolute Gasteiger partial charge is 0.407 e. The number of methoxy groups -OCH3 is 1. The molecule has 3 nitrogen and oxygen atoms in total. The zero-order chi connectivity index (χ0) is 13.9. The summed E-state index contributed by atoms with van der Waals surface area (Å²) in [4.78, 5) is 0. The van der Waals surface area contributed by atoms with E-state index in [0.717, 1.165) is 18.2 Å². The van der Waals surface area contributed by atoms with Gasteiger partial charge in [0.1, 0.15) is 6.04 Å². The van der Waals surface area contributed by atoms with E-state index in [0.29, 0.717) is 0 Å². The second-order valence-corrected chi connectivity index (χ2v) is 3.31. The van der Waals surface area contributed by atoms with E-state index in [1.165, 1.54) is 7.11 Å². The molecule has 0 aromatic heterocycles. The second-order valence-electron chi connectivity index (χ2n) is 3.31. The first-order chi connectivity index (χ1) is 8.25. The molecule has 1 aromatic rings. The Morgan fingerprint density at radius 3 is 2.22 bits per heavy atom. The van der Waals surface area contributed by atoms with Crippen molar-refractivity contribution < 1.29 is 31.4 Å². The van der Waals surface area contributed by atoms with E-state index in [4.69, 9.17) is 5.73 Å². The maximum Gasteiger partial charge on any atom is 0.407 e.